The molecular weight excluding hydrogens is 270 g/mol. The fourth-order valence-electron chi connectivity index (χ4n) is 2.06. The number of rotatable bonds is 6. The van der Waals surface area contributed by atoms with Crippen LogP contribution in [0.15, 0.2) is 0 Å². The standard InChI is InChI=1S/C14H25N5O2/c1-14(2,3)21-10-9-20-13-17-11(15-4)16-12(18-13)19-7-5-6-8-19/h5-10H2,1-4H3,(H,15,16,17,18). The lowest BCUT2D eigenvalue weighted by Gasteiger charge is -2.19. The minimum atomic E-state index is -0.167. The monoisotopic (exact) mass is 295 g/mol. The zero-order chi connectivity index (χ0) is 15.3. The Labute approximate surface area is 126 Å². The van der Waals surface area contributed by atoms with Crippen molar-refractivity contribution in [3.63, 3.8) is 0 Å². The first kappa shape index (κ1) is 15.8. The molecule has 1 aliphatic heterocycles. The lowest BCUT2D eigenvalue weighted by molar-refractivity contribution is -0.0173. The molecule has 0 spiro atoms. The van der Waals surface area contributed by atoms with Crippen molar-refractivity contribution in [2.24, 2.45) is 0 Å². The van der Waals surface area contributed by atoms with Gasteiger partial charge in [-0.1, -0.05) is 0 Å². The summed E-state index contributed by atoms with van der Waals surface area (Å²) in [6.45, 7) is 8.94. The van der Waals surface area contributed by atoms with Crippen LogP contribution in [-0.2, 0) is 4.74 Å². The normalized spacial score (nSPS) is 15.3. The van der Waals surface area contributed by atoms with Gasteiger partial charge in [0.05, 0.1) is 12.2 Å². The van der Waals surface area contributed by atoms with E-state index < -0.39 is 0 Å². The smallest absolute Gasteiger partial charge is 0.323 e. The van der Waals surface area contributed by atoms with Crippen molar-refractivity contribution in [3.8, 4) is 6.01 Å². The van der Waals surface area contributed by atoms with Gasteiger partial charge in [-0.2, -0.15) is 15.0 Å². The highest BCUT2D eigenvalue weighted by Gasteiger charge is 2.17. The molecular formula is C14H25N5O2. The molecule has 1 N–H and O–H groups in total. The lowest BCUT2D eigenvalue weighted by Crippen LogP contribution is -2.24. The van der Waals surface area contributed by atoms with Crippen LogP contribution < -0.4 is 15.0 Å². The molecule has 1 aromatic heterocycles. The molecule has 2 heterocycles. The first-order valence-corrected chi connectivity index (χ1v) is 7.43. The Bertz CT molecular complexity index is 455. The van der Waals surface area contributed by atoms with Gasteiger partial charge in [0.25, 0.3) is 0 Å². The molecule has 1 aliphatic rings. The van der Waals surface area contributed by atoms with Crippen LogP contribution in [0.4, 0.5) is 11.9 Å². The van der Waals surface area contributed by atoms with Crippen LogP contribution in [0.1, 0.15) is 33.6 Å². The van der Waals surface area contributed by atoms with Crippen LogP contribution in [0, 0.1) is 0 Å². The molecule has 7 heteroatoms. The second-order valence-corrected chi connectivity index (χ2v) is 6.00. The molecule has 118 valence electrons. The Morgan fingerprint density at radius 1 is 1.10 bits per heavy atom. The summed E-state index contributed by atoms with van der Waals surface area (Å²) in [5.74, 6) is 1.21. The van der Waals surface area contributed by atoms with Crippen molar-refractivity contribution in [2.45, 2.75) is 39.2 Å². The van der Waals surface area contributed by atoms with E-state index in [1.165, 1.54) is 12.8 Å². The Balaban J connectivity index is 1.96. The molecule has 2 rings (SSSR count). The number of nitrogens with zero attached hydrogens (tertiary/aromatic N) is 4. The summed E-state index contributed by atoms with van der Waals surface area (Å²) in [7, 11) is 1.79. The van der Waals surface area contributed by atoms with Crippen molar-refractivity contribution in [3.05, 3.63) is 0 Å². The lowest BCUT2D eigenvalue weighted by atomic mass is 10.2. The van der Waals surface area contributed by atoms with Gasteiger partial charge in [0.15, 0.2) is 0 Å². The molecule has 7 nitrogen and oxygen atoms in total. The fraction of sp³-hybridized carbons (Fsp3) is 0.786. The van der Waals surface area contributed by atoms with E-state index in [9.17, 15) is 0 Å². The average Bonchev–Trinajstić information content (AvgIpc) is 2.96. The third kappa shape index (κ3) is 5.00. The topological polar surface area (TPSA) is 72.4 Å². The maximum absolute atomic E-state index is 5.62. The summed E-state index contributed by atoms with van der Waals surface area (Å²) in [5.41, 5.74) is -0.167. The van der Waals surface area contributed by atoms with E-state index in [0.29, 0.717) is 31.1 Å². The molecule has 0 radical (unpaired) electrons. The van der Waals surface area contributed by atoms with E-state index in [2.05, 4.69) is 25.2 Å². The van der Waals surface area contributed by atoms with Gasteiger partial charge < -0.3 is 19.7 Å². The van der Waals surface area contributed by atoms with Gasteiger partial charge in [-0.15, -0.1) is 0 Å². The number of aromatic nitrogens is 3. The summed E-state index contributed by atoms with van der Waals surface area (Å²) in [6, 6.07) is 0.341. The van der Waals surface area contributed by atoms with Crippen LogP contribution in [0.5, 0.6) is 6.01 Å². The Hall–Kier alpha value is -1.63. The molecule has 0 saturated carbocycles. The quantitative estimate of drug-likeness (QED) is 0.801. The van der Waals surface area contributed by atoms with E-state index in [1.807, 2.05) is 20.8 Å². The zero-order valence-corrected chi connectivity index (χ0v) is 13.3. The van der Waals surface area contributed by atoms with E-state index in [0.717, 1.165) is 13.1 Å². The first-order valence-electron chi connectivity index (χ1n) is 7.43. The fourth-order valence-corrected chi connectivity index (χ4v) is 2.06. The van der Waals surface area contributed by atoms with Crippen molar-refractivity contribution < 1.29 is 9.47 Å². The number of nitrogens with one attached hydrogen (secondary N) is 1. The minimum Gasteiger partial charge on any atom is -0.461 e. The number of hydrogen-bond donors (Lipinski definition) is 1. The second-order valence-electron chi connectivity index (χ2n) is 6.00. The molecule has 0 amide bonds. The summed E-state index contributed by atoms with van der Waals surface area (Å²) >= 11 is 0. The number of anilines is 2. The summed E-state index contributed by atoms with van der Waals surface area (Å²) < 4.78 is 11.2. The predicted octanol–water partition coefficient (Wildman–Crippen LogP) is 1.71. The molecule has 0 atom stereocenters. The molecule has 0 aliphatic carbocycles. The van der Waals surface area contributed by atoms with Crippen molar-refractivity contribution in [1.29, 1.82) is 0 Å². The first-order chi connectivity index (χ1) is 9.98. The maximum atomic E-state index is 5.62. The third-order valence-electron chi connectivity index (χ3n) is 3.07. The molecule has 0 bridgehead atoms. The zero-order valence-electron chi connectivity index (χ0n) is 13.3. The van der Waals surface area contributed by atoms with Gasteiger partial charge in [-0.25, -0.2) is 0 Å². The molecule has 21 heavy (non-hydrogen) atoms. The predicted molar refractivity (Wildman–Crippen MR) is 82.0 cm³/mol. The summed E-state index contributed by atoms with van der Waals surface area (Å²) in [6.07, 6.45) is 2.35. The highest BCUT2D eigenvalue weighted by Crippen LogP contribution is 2.19. The molecule has 1 saturated heterocycles. The van der Waals surface area contributed by atoms with Crippen molar-refractivity contribution in [2.75, 3.05) is 43.6 Å². The largest absolute Gasteiger partial charge is 0.461 e. The van der Waals surface area contributed by atoms with Gasteiger partial charge in [-0.3, -0.25) is 0 Å². The van der Waals surface area contributed by atoms with Crippen LogP contribution in [0.3, 0.4) is 0 Å². The Morgan fingerprint density at radius 2 is 1.81 bits per heavy atom. The SMILES string of the molecule is CNc1nc(OCCOC(C)(C)C)nc(N2CCCC2)n1. The van der Waals surface area contributed by atoms with Gasteiger partial charge in [0.1, 0.15) is 6.61 Å². The minimum absolute atomic E-state index is 0.167. The average molecular weight is 295 g/mol. The summed E-state index contributed by atoms with van der Waals surface area (Å²) in [5, 5.41) is 2.95. The molecule has 1 aromatic rings. The molecule has 0 unspecified atom stereocenters. The van der Waals surface area contributed by atoms with Gasteiger partial charge >= 0.3 is 6.01 Å². The second kappa shape index (κ2) is 6.89. The highest BCUT2D eigenvalue weighted by atomic mass is 16.5. The molecule has 0 aromatic carbocycles. The maximum Gasteiger partial charge on any atom is 0.323 e. The number of hydrogen-bond acceptors (Lipinski definition) is 7. The van der Waals surface area contributed by atoms with Crippen LogP contribution in [0.2, 0.25) is 0 Å². The summed E-state index contributed by atoms with van der Waals surface area (Å²) in [4.78, 5) is 15.1. The van der Waals surface area contributed by atoms with Crippen LogP contribution >= 0.6 is 0 Å². The van der Waals surface area contributed by atoms with Gasteiger partial charge in [0.2, 0.25) is 11.9 Å². The Kier molecular flexibility index (Phi) is 5.17. The van der Waals surface area contributed by atoms with Gasteiger partial charge in [-0.05, 0) is 33.6 Å². The van der Waals surface area contributed by atoms with E-state index in [-0.39, 0.29) is 5.60 Å². The Morgan fingerprint density at radius 3 is 2.43 bits per heavy atom. The van der Waals surface area contributed by atoms with Crippen molar-refractivity contribution >= 4 is 11.9 Å². The van der Waals surface area contributed by atoms with Gasteiger partial charge in [0, 0.05) is 20.1 Å². The third-order valence-corrected chi connectivity index (χ3v) is 3.07. The van der Waals surface area contributed by atoms with Crippen LogP contribution in [-0.4, -0.2) is 53.9 Å². The van der Waals surface area contributed by atoms with E-state index in [1.54, 1.807) is 7.05 Å². The van der Waals surface area contributed by atoms with Crippen LogP contribution in [0.25, 0.3) is 0 Å². The van der Waals surface area contributed by atoms with E-state index >= 15 is 0 Å². The van der Waals surface area contributed by atoms with Crippen molar-refractivity contribution in [1.82, 2.24) is 15.0 Å². The molecule has 1 fully saturated rings. The van der Waals surface area contributed by atoms with E-state index in [4.69, 9.17) is 9.47 Å². The highest BCUT2D eigenvalue weighted by molar-refractivity contribution is 5.38. The number of ether oxygens (including phenoxy) is 2.